The van der Waals surface area contributed by atoms with E-state index >= 15 is 0 Å². The van der Waals surface area contributed by atoms with Crippen LogP contribution < -0.4 is 9.16 Å². The van der Waals surface area contributed by atoms with E-state index in [-0.39, 0.29) is 5.78 Å². The highest BCUT2D eigenvalue weighted by Gasteiger charge is 2.10. The lowest BCUT2D eigenvalue weighted by molar-refractivity contribution is 0.104. The van der Waals surface area contributed by atoms with Crippen molar-refractivity contribution in [2.24, 2.45) is 0 Å². The highest BCUT2D eigenvalue weighted by molar-refractivity contribution is 6.37. The number of carbonyl (C=O) groups excluding carboxylic acids is 1. The van der Waals surface area contributed by atoms with E-state index in [1.165, 1.54) is 0 Å². The van der Waals surface area contributed by atoms with Crippen LogP contribution in [-0.4, -0.2) is 22.1 Å². The molecule has 22 heavy (non-hydrogen) atoms. The molecule has 0 atom stereocenters. The molecule has 0 heterocycles. The van der Waals surface area contributed by atoms with Gasteiger partial charge in [0.1, 0.15) is 11.5 Å². The smallest absolute Gasteiger partial charge is 0.191 e. The maximum atomic E-state index is 12.5. The Balaban J connectivity index is 1.80. The van der Waals surface area contributed by atoms with Gasteiger partial charge in [0.2, 0.25) is 0 Å². The molecular formula is C19H13AlO2. The second-order valence-electron chi connectivity index (χ2n) is 4.86. The lowest BCUT2D eigenvalue weighted by atomic mass is 10.0. The van der Waals surface area contributed by atoms with Gasteiger partial charge >= 0.3 is 0 Å². The third-order valence-corrected chi connectivity index (χ3v) is 3.80. The average Bonchev–Trinajstić information content (AvgIpc) is 2.56. The molecule has 3 rings (SSSR count). The molecule has 0 aliphatic heterocycles. The highest BCUT2D eigenvalue weighted by atomic mass is 27.0. The van der Waals surface area contributed by atoms with Crippen molar-refractivity contribution in [1.29, 1.82) is 0 Å². The molecule has 2 nitrogen and oxygen atoms in total. The van der Waals surface area contributed by atoms with E-state index in [1.54, 1.807) is 12.1 Å². The van der Waals surface area contributed by atoms with Crippen molar-refractivity contribution in [3.63, 3.8) is 0 Å². The largest absolute Gasteiger partial charge is 0.457 e. The van der Waals surface area contributed by atoms with Crippen LogP contribution >= 0.6 is 0 Å². The number of ether oxygens (including phenoxy) is 1. The summed E-state index contributed by atoms with van der Waals surface area (Å²) in [4.78, 5) is 12.5. The molecule has 104 valence electrons. The summed E-state index contributed by atoms with van der Waals surface area (Å²) >= 11 is 2.59. The topological polar surface area (TPSA) is 26.3 Å². The van der Waals surface area contributed by atoms with Gasteiger partial charge in [0.25, 0.3) is 0 Å². The lowest BCUT2D eigenvalue weighted by Crippen LogP contribution is -2.15. The zero-order chi connectivity index (χ0) is 15.4. The van der Waals surface area contributed by atoms with E-state index < -0.39 is 0 Å². The normalized spacial score (nSPS) is 10.2. The molecule has 3 aromatic rings. The number of carbonyl (C=O) groups is 1. The van der Waals surface area contributed by atoms with Crippen LogP contribution in [0.4, 0.5) is 0 Å². The summed E-state index contributed by atoms with van der Waals surface area (Å²) in [5.41, 5.74) is 1.35. The van der Waals surface area contributed by atoms with Crippen molar-refractivity contribution in [1.82, 2.24) is 0 Å². The van der Waals surface area contributed by atoms with Crippen molar-refractivity contribution < 1.29 is 9.53 Å². The van der Waals surface area contributed by atoms with Crippen molar-refractivity contribution in [2.75, 3.05) is 0 Å². The molecule has 0 fully saturated rings. The first-order valence-electron chi connectivity index (χ1n) is 6.96. The molecule has 0 N–H and O–H groups in total. The van der Waals surface area contributed by atoms with Gasteiger partial charge in [-0.25, -0.2) is 0 Å². The molecule has 0 aliphatic rings. The highest BCUT2D eigenvalue weighted by Crippen LogP contribution is 2.21. The van der Waals surface area contributed by atoms with Gasteiger partial charge in [0, 0.05) is 11.1 Å². The first kappa shape index (κ1) is 14.6. The minimum atomic E-state index is 0.0110. The predicted octanol–water partition coefficient (Wildman–Crippen LogP) is 3.50. The molecule has 0 spiro atoms. The molecule has 2 radical (unpaired) electrons. The fraction of sp³-hybridized carbons (Fsp3) is 0. The average molecular weight is 300 g/mol. The Morgan fingerprint density at radius 1 is 0.727 bits per heavy atom. The number of hydrogen-bond acceptors (Lipinski definition) is 2. The molecule has 3 heteroatoms. The third kappa shape index (κ3) is 3.28. The van der Waals surface area contributed by atoms with Crippen molar-refractivity contribution in [3.05, 3.63) is 90.0 Å². The summed E-state index contributed by atoms with van der Waals surface area (Å²) < 4.78 is 6.63. The van der Waals surface area contributed by atoms with Gasteiger partial charge in [-0.3, -0.25) is 4.79 Å². The molecule has 0 aromatic heterocycles. The molecule has 0 saturated heterocycles. The van der Waals surface area contributed by atoms with Crippen molar-refractivity contribution in [2.45, 2.75) is 0 Å². The summed E-state index contributed by atoms with van der Waals surface area (Å²) in [6.45, 7) is 0. The second-order valence-corrected chi connectivity index (χ2v) is 5.48. The second kappa shape index (κ2) is 6.62. The van der Waals surface area contributed by atoms with Gasteiger partial charge in [-0.15, -0.1) is 4.43 Å². The fourth-order valence-electron chi connectivity index (χ4n) is 2.16. The quantitative estimate of drug-likeness (QED) is 0.544. The first-order chi connectivity index (χ1) is 10.7. The van der Waals surface area contributed by atoms with Crippen LogP contribution in [0, 0.1) is 0 Å². The van der Waals surface area contributed by atoms with Crippen LogP contribution in [-0.2, 0) is 0 Å². The minimum Gasteiger partial charge on any atom is -0.457 e. The van der Waals surface area contributed by atoms with E-state index in [0.717, 1.165) is 10.2 Å². The van der Waals surface area contributed by atoms with Crippen LogP contribution in [0.2, 0.25) is 0 Å². The Bertz CT molecular complexity index is 780. The van der Waals surface area contributed by atoms with Crippen LogP contribution in [0.15, 0.2) is 78.9 Å². The van der Waals surface area contributed by atoms with E-state index in [0.29, 0.717) is 16.9 Å². The Morgan fingerprint density at radius 2 is 1.32 bits per heavy atom. The Kier molecular flexibility index (Phi) is 4.39. The van der Waals surface area contributed by atoms with Crippen molar-refractivity contribution in [3.8, 4) is 11.5 Å². The van der Waals surface area contributed by atoms with Gasteiger partial charge in [-0.1, -0.05) is 42.5 Å². The lowest BCUT2D eigenvalue weighted by Gasteiger charge is -2.08. The number of rotatable bonds is 4. The monoisotopic (exact) mass is 300 g/mol. The SMILES string of the molecule is O=C(c1ccc(Oc2ccccc2)cc1)c1cccc[c]1[Al]. The number of ketones is 1. The Morgan fingerprint density at radius 3 is 2.00 bits per heavy atom. The van der Waals surface area contributed by atoms with E-state index in [4.69, 9.17) is 4.74 Å². The maximum Gasteiger partial charge on any atom is 0.191 e. The molecular weight excluding hydrogens is 287 g/mol. The van der Waals surface area contributed by atoms with Gasteiger partial charge in [0.15, 0.2) is 22.1 Å². The first-order valence-corrected chi connectivity index (χ1v) is 7.54. The molecule has 3 aromatic carbocycles. The maximum absolute atomic E-state index is 12.5. The molecule has 0 unspecified atom stereocenters. The van der Waals surface area contributed by atoms with E-state index in [9.17, 15) is 4.79 Å². The van der Waals surface area contributed by atoms with Crippen LogP contribution in [0.1, 0.15) is 15.9 Å². The number of benzene rings is 3. The van der Waals surface area contributed by atoms with Crippen LogP contribution in [0.25, 0.3) is 0 Å². The molecule has 0 amide bonds. The van der Waals surface area contributed by atoms with E-state index in [2.05, 4.69) is 16.3 Å². The zero-order valence-electron chi connectivity index (χ0n) is 11.9. The predicted molar refractivity (Wildman–Crippen MR) is 88.2 cm³/mol. The fourth-order valence-corrected chi connectivity index (χ4v) is 2.50. The zero-order valence-corrected chi connectivity index (χ0v) is 13.1. The summed E-state index contributed by atoms with van der Waals surface area (Å²) in [6.07, 6.45) is 0. The standard InChI is InChI=1S/C19H13O2.Al/c20-19(15-7-3-1-4-8-15)16-11-13-18(14-12-16)21-17-9-5-2-6-10-17;/h1-7,9-14H;. The Labute approximate surface area is 137 Å². The van der Waals surface area contributed by atoms with Gasteiger partial charge in [-0.05, 0) is 36.4 Å². The summed E-state index contributed by atoms with van der Waals surface area (Å²) in [7, 11) is 0. The van der Waals surface area contributed by atoms with Crippen LogP contribution in [0.5, 0.6) is 11.5 Å². The number of para-hydroxylation sites is 1. The van der Waals surface area contributed by atoms with Crippen LogP contribution in [0.3, 0.4) is 0 Å². The summed E-state index contributed by atoms with van der Waals surface area (Å²) in [6, 6.07) is 24.3. The molecule has 0 aliphatic carbocycles. The Hall–Kier alpha value is -2.34. The summed E-state index contributed by atoms with van der Waals surface area (Å²) in [5.74, 6) is 1.50. The van der Waals surface area contributed by atoms with Gasteiger partial charge in [-0.2, -0.15) is 0 Å². The minimum absolute atomic E-state index is 0.0110. The number of hydrogen-bond donors (Lipinski definition) is 0. The molecule has 0 saturated carbocycles. The molecule has 0 bridgehead atoms. The van der Waals surface area contributed by atoms with E-state index in [1.807, 2.05) is 66.7 Å². The van der Waals surface area contributed by atoms with Gasteiger partial charge < -0.3 is 4.74 Å². The third-order valence-electron chi connectivity index (χ3n) is 3.30. The van der Waals surface area contributed by atoms with Crippen molar-refractivity contribution >= 4 is 26.5 Å². The summed E-state index contributed by atoms with van der Waals surface area (Å²) in [5, 5.41) is 0. The van der Waals surface area contributed by atoms with Gasteiger partial charge in [0.05, 0.1) is 0 Å².